The standard InChI is InChI=1S/C15H17ClN4O/c16-14-9-13(2-1-12(14)10-17)18-15(21)11-20-6-3-19(4-7-20)5-8-20/h1-2,9H,3-8,11H2/p+1. The van der Waals surface area contributed by atoms with Crippen LogP contribution in [0.25, 0.3) is 0 Å². The van der Waals surface area contributed by atoms with Crippen LogP contribution in [0.5, 0.6) is 0 Å². The van der Waals surface area contributed by atoms with E-state index in [9.17, 15) is 4.79 Å². The van der Waals surface area contributed by atoms with Gasteiger partial charge in [0.25, 0.3) is 5.91 Å². The number of rotatable bonds is 3. The number of benzene rings is 1. The maximum absolute atomic E-state index is 12.3. The van der Waals surface area contributed by atoms with E-state index in [0.29, 0.717) is 22.8 Å². The third-order valence-corrected chi connectivity index (χ3v) is 4.84. The van der Waals surface area contributed by atoms with E-state index in [1.165, 1.54) is 0 Å². The minimum Gasteiger partial charge on any atom is -0.321 e. The lowest BCUT2D eigenvalue weighted by Gasteiger charge is -2.50. The number of nitriles is 1. The first-order valence-corrected chi connectivity index (χ1v) is 7.55. The van der Waals surface area contributed by atoms with Crippen LogP contribution >= 0.6 is 11.6 Å². The molecule has 3 fully saturated rings. The summed E-state index contributed by atoms with van der Waals surface area (Å²) < 4.78 is 0.895. The van der Waals surface area contributed by atoms with Crippen LogP contribution in [0.4, 0.5) is 5.69 Å². The molecule has 0 unspecified atom stereocenters. The molecule has 0 aromatic heterocycles. The monoisotopic (exact) mass is 305 g/mol. The average Bonchev–Trinajstić information content (AvgIpc) is 2.48. The number of hydrogen-bond acceptors (Lipinski definition) is 3. The number of anilines is 1. The van der Waals surface area contributed by atoms with Crippen molar-refractivity contribution in [1.82, 2.24) is 4.90 Å². The van der Waals surface area contributed by atoms with Crippen molar-refractivity contribution in [3.8, 4) is 6.07 Å². The van der Waals surface area contributed by atoms with Gasteiger partial charge >= 0.3 is 0 Å². The summed E-state index contributed by atoms with van der Waals surface area (Å²) in [4.78, 5) is 14.7. The van der Waals surface area contributed by atoms with Crippen molar-refractivity contribution >= 4 is 23.2 Å². The topological polar surface area (TPSA) is 56.1 Å². The lowest BCUT2D eigenvalue weighted by Crippen LogP contribution is -2.68. The summed E-state index contributed by atoms with van der Waals surface area (Å²) in [5, 5.41) is 12.1. The van der Waals surface area contributed by atoms with E-state index in [0.717, 1.165) is 43.8 Å². The van der Waals surface area contributed by atoms with Crippen molar-refractivity contribution < 1.29 is 9.28 Å². The normalized spacial score (nSPS) is 27.1. The highest BCUT2D eigenvalue weighted by molar-refractivity contribution is 6.32. The molecule has 5 nitrogen and oxygen atoms in total. The number of carbonyl (C=O) groups is 1. The van der Waals surface area contributed by atoms with E-state index in [1.54, 1.807) is 18.2 Å². The summed E-state index contributed by atoms with van der Waals surface area (Å²) in [6.07, 6.45) is 0. The third kappa shape index (κ3) is 3.03. The second-order valence-electron chi connectivity index (χ2n) is 5.87. The highest BCUT2D eigenvalue weighted by atomic mass is 35.5. The van der Waals surface area contributed by atoms with Crippen LogP contribution in [0.2, 0.25) is 5.02 Å². The molecule has 4 rings (SSSR count). The smallest absolute Gasteiger partial charge is 0.279 e. The van der Waals surface area contributed by atoms with Crippen molar-refractivity contribution in [3.63, 3.8) is 0 Å². The number of fused-ring (bicyclic) bond motifs is 3. The molecule has 1 amide bonds. The van der Waals surface area contributed by atoms with E-state index in [-0.39, 0.29) is 5.91 Å². The zero-order chi connectivity index (χ0) is 14.9. The lowest BCUT2D eigenvalue weighted by molar-refractivity contribution is -0.933. The first-order chi connectivity index (χ1) is 10.1. The van der Waals surface area contributed by atoms with E-state index in [4.69, 9.17) is 16.9 Å². The van der Waals surface area contributed by atoms with Crippen LogP contribution < -0.4 is 5.32 Å². The number of amides is 1. The van der Waals surface area contributed by atoms with Gasteiger partial charge in [-0.15, -0.1) is 0 Å². The number of quaternary nitrogens is 1. The Morgan fingerprint density at radius 3 is 2.57 bits per heavy atom. The summed E-state index contributed by atoms with van der Waals surface area (Å²) in [5.74, 6) is 0.0196. The van der Waals surface area contributed by atoms with Crippen LogP contribution in [0.1, 0.15) is 5.56 Å². The number of piperazine rings is 3. The Kier molecular flexibility index (Phi) is 3.85. The molecule has 1 N–H and O–H groups in total. The second kappa shape index (κ2) is 5.64. The van der Waals surface area contributed by atoms with Gasteiger partial charge in [0.05, 0.1) is 30.2 Å². The predicted molar refractivity (Wildman–Crippen MR) is 81.0 cm³/mol. The number of hydrogen-bond donors (Lipinski definition) is 1. The molecule has 0 radical (unpaired) electrons. The van der Waals surface area contributed by atoms with Gasteiger partial charge in [0.15, 0.2) is 6.54 Å². The summed E-state index contributed by atoms with van der Waals surface area (Å²) in [7, 11) is 0. The molecule has 0 saturated carbocycles. The quantitative estimate of drug-likeness (QED) is 0.856. The van der Waals surface area contributed by atoms with Crippen molar-refractivity contribution in [2.24, 2.45) is 0 Å². The minimum absolute atomic E-state index is 0.0196. The lowest BCUT2D eigenvalue weighted by atomic mass is 10.1. The van der Waals surface area contributed by atoms with Gasteiger partial charge in [0, 0.05) is 25.3 Å². The van der Waals surface area contributed by atoms with Crippen LogP contribution in [0.3, 0.4) is 0 Å². The number of halogens is 1. The highest BCUT2D eigenvalue weighted by Crippen LogP contribution is 2.22. The second-order valence-corrected chi connectivity index (χ2v) is 6.27. The summed E-state index contributed by atoms with van der Waals surface area (Å²) in [5.41, 5.74) is 1.07. The molecule has 3 aliphatic rings. The molecule has 1 aromatic rings. The molecular formula is C15H18ClN4O+. The van der Waals surface area contributed by atoms with Crippen molar-refractivity contribution in [1.29, 1.82) is 5.26 Å². The van der Waals surface area contributed by atoms with Gasteiger partial charge in [0.2, 0.25) is 0 Å². The number of carbonyl (C=O) groups excluding carboxylic acids is 1. The molecule has 0 atom stereocenters. The van der Waals surface area contributed by atoms with E-state index < -0.39 is 0 Å². The van der Waals surface area contributed by atoms with Gasteiger partial charge in [-0.1, -0.05) is 11.6 Å². The van der Waals surface area contributed by atoms with Crippen molar-refractivity contribution in [3.05, 3.63) is 28.8 Å². The Balaban J connectivity index is 1.64. The average molecular weight is 306 g/mol. The fraction of sp³-hybridized carbons (Fsp3) is 0.467. The highest BCUT2D eigenvalue weighted by Gasteiger charge is 2.39. The van der Waals surface area contributed by atoms with Crippen LogP contribution in [0.15, 0.2) is 18.2 Å². The van der Waals surface area contributed by atoms with Gasteiger partial charge in [-0.2, -0.15) is 5.26 Å². The third-order valence-electron chi connectivity index (χ3n) is 4.52. The Morgan fingerprint density at radius 2 is 2.00 bits per heavy atom. The molecule has 1 aromatic carbocycles. The van der Waals surface area contributed by atoms with Crippen LogP contribution in [0, 0.1) is 11.3 Å². The predicted octanol–water partition coefficient (Wildman–Crippen LogP) is 1.30. The Morgan fingerprint density at radius 1 is 1.33 bits per heavy atom. The minimum atomic E-state index is 0.0196. The Hall–Kier alpha value is -1.61. The zero-order valence-electron chi connectivity index (χ0n) is 11.8. The molecule has 3 saturated heterocycles. The molecule has 2 bridgehead atoms. The summed E-state index contributed by atoms with van der Waals surface area (Å²) in [6, 6.07) is 6.99. The van der Waals surface area contributed by atoms with Crippen LogP contribution in [-0.2, 0) is 4.79 Å². The van der Waals surface area contributed by atoms with E-state index in [1.807, 2.05) is 6.07 Å². The van der Waals surface area contributed by atoms with E-state index >= 15 is 0 Å². The fourth-order valence-corrected chi connectivity index (χ4v) is 3.38. The van der Waals surface area contributed by atoms with Gasteiger partial charge < -0.3 is 9.80 Å². The zero-order valence-corrected chi connectivity index (χ0v) is 12.6. The number of nitrogens with zero attached hydrogens (tertiary/aromatic N) is 3. The van der Waals surface area contributed by atoms with E-state index in [2.05, 4.69) is 10.2 Å². The molecular weight excluding hydrogens is 288 g/mol. The first-order valence-electron chi connectivity index (χ1n) is 7.17. The van der Waals surface area contributed by atoms with Gasteiger partial charge in [-0.3, -0.25) is 9.69 Å². The molecule has 0 aliphatic carbocycles. The molecule has 3 heterocycles. The largest absolute Gasteiger partial charge is 0.321 e. The van der Waals surface area contributed by atoms with Gasteiger partial charge in [0.1, 0.15) is 6.07 Å². The molecule has 110 valence electrons. The van der Waals surface area contributed by atoms with Gasteiger partial charge in [-0.25, -0.2) is 0 Å². The number of nitrogens with one attached hydrogen (secondary N) is 1. The molecule has 6 heteroatoms. The van der Waals surface area contributed by atoms with Crippen molar-refractivity contribution in [2.45, 2.75) is 0 Å². The Bertz CT molecular complexity index is 588. The first kappa shape index (κ1) is 14.3. The molecule has 3 aliphatic heterocycles. The van der Waals surface area contributed by atoms with Crippen molar-refractivity contribution in [2.75, 3.05) is 51.1 Å². The van der Waals surface area contributed by atoms with Gasteiger partial charge in [-0.05, 0) is 18.2 Å². The summed E-state index contributed by atoms with van der Waals surface area (Å²) in [6.45, 7) is 6.97. The SMILES string of the molecule is N#Cc1ccc(NC(=O)C[N+]23CCN(CC2)CC3)cc1Cl. The molecule has 21 heavy (non-hydrogen) atoms. The Labute approximate surface area is 129 Å². The summed E-state index contributed by atoms with van der Waals surface area (Å²) >= 11 is 5.98. The maximum atomic E-state index is 12.3. The van der Waals surface area contributed by atoms with Crippen LogP contribution in [-0.4, -0.2) is 61.1 Å². The fourth-order valence-electron chi connectivity index (χ4n) is 3.16. The molecule has 0 spiro atoms. The maximum Gasteiger partial charge on any atom is 0.279 e.